The molecule has 0 saturated carbocycles. The highest BCUT2D eigenvalue weighted by molar-refractivity contribution is 7.91. The van der Waals surface area contributed by atoms with Gasteiger partial charge in [-0.3, -0.25) is 4.79 Å². The maximum absolute atomic E-state index is 12.0. The Morgan fingerprint density at radius 2 is 2.39 bits per heavy atom. The number of aliphatic carboxylic acids is 1. The number of hydrogen-bond donors (Lipinski definition) is 2. The smallest absolute Gasteiger partial charge is 0.313 e. The number of carboxylic acid groups (broad SMARTS) is 1. The lowest BCUT2D eigenvalue weighted by atomic mass is 9.86. The highest BCUT2D eigenvalue weighted by atomic mass is 32.2. The van der Waals surface area contributed by atoms with Gasteiger partial charge < -0.3 is 9.84 Å². The van der Waals surface area contributed by atoms with Gasteiger partial charge in [0.05, 0.1) is 19.3 Å². The van der Waals surface area contributed by atoms with E-state index in [1.165, 1.54) is 13.0 Å². The quantitative estimate of drug-likeness (QED) is 0.843. The molecule has 2 atom stereocenters. The maximum atomic E-state index is 12.0. The van der Waals surface area contributed by atoms with Crippen LogP contribution in [0.2, 0.25) is 0 Å². The van der Waals surface area contributed by atoms with E-state index in [-0.39, 0.29) is 17.4 Å². The molecule has 0 aliphatic carbocycles. The topological polar surface area (TPSA) is 92.7 Å². The molecule has 1 aromatic rings. The fourth-order valence-electron chi connectivity index (χ4n) is 1.71. The summed E-state index contributed by atoms with van der Waals surface area (Å²) < 4.78 is 31.7. The predicted octanol–water partition coefficient (Wildman–Crippen LogP) is 0.516. The van der Waals surface area contributed by atoms with E-state index < -0.39 is 27.4 Å². The summed E-state index contributed by atoms with van der Waals surface area (Å²) in [6.45, 7) is 1.54. The summed E-state index contributed by atoms with van der Waals surface area (Å²) in [5.41, 5.74) is -1.23. The molecule has 8 heteroatoms. The summed E-state index contributed by atoms with van der Waals surface area (Å²) >= 11 is 1.08. The van der Waals surface area contributed by atoms with Crippen molar-refractivity contribution in [1.82, 2.24) is 4.72 Å². The van der Waals surface area contributed by atoms with Crippen molar-refractivity contribution in [3.05, 3.63) is 17.5 Å². The van der Waals surface area contributed by atoms with Gasteiger partial charge in [0.1, 0.15) is 9.62 Å². The first-order chi connectivity index (χ1) is 8.36. The van der Waals surface area contributed by atoms with Gasteiger partial charge in [-0.1, -0.05) is 6.07 Å². The summed E-state index contributed by atoms with van der Waals surface area (Å²) in [7, 11) is -3.68. The Hall–Kier alpha value is -0.960. The van der Waals surface area contributed by atoms with E-state index in [9.17, 15) is 13.2 Å². The average molecular weight is 291 g/mol. The summed E-state index contributed by atoms with van der Waals surface area (Å²) in [6.07, 6.45) is 0. The van der Waals surface area contributed by atoms with Crippen molar-refractivity contribution in [3.8, 4) is 0 Å². The van der Waals surface area contributed by atoms with E-state index in [2.05, 4.69) is 4.72 Å². The second kappa shape index (κ2) is 4.61. The zero-order valence-electron chi connectivity index (χ0n) is 9.62. The number of carboxylic acids is 1. The number of rotatable bonds is 4. The van der Waals surface area contributed by atoms with Crippen LogP contribution in [0.3, 0.4) is 0 Å². The second-order valence-corrected chi connectivity index (χ2v) is 7.23. The lowest BCUT2D eigenvalue weighted by Gasteiger charge is -2.24. The molecule has 2 rings (SSSR count). The Kier molecular flexibility index (Phi) is 3.45. The molecule has 2 heterocycles. The molecule has 6 nitrogen and oxygen atoms in total. The molecule has 1 saturated heterocycles. The lowest BCUT2D eigenvalue weighted by molar-refractivity contribution is -0.148. The van der Waals surface area contributed by atoms with Crippen LogP contribution in [0, 0.1) is 5.41 Å². The number of carbonyl (C=O) groups is 1. The highest BCUT2D eigenvalue weighted by Crippen LogP contribution is 2.30. The SMILES string of the molecule is CC1(C(=O)O)COCC1NS(=O)(=O)c1cccs1. The van der Waals surface area contributed by atoms with Crippen LogP contribution in [0.1, 0.15) is 6.92 Å². The minimum atomic E-state index is -3.68. The third kappa shape index (κ3) is 2.28. The van der Waals surface area contributed by atoms with Crippen LogP contribution in [0.25, 0.3) is 0 Å². The van der Waals surface area contributed by atoms with Crippen molar-refractivity contribution in [3.63, 3.8) is 0 Å². The highest BCUT2D eigenvalue weighted by Gasteiger charge is 2.48. The third-order valence-corrected chi connectivity index (χ3v) is 5.87. The lowest BCUT2D eigenvalue weighted by Crippen LogP contribution is -2.49. The van der Waals surface area contributed by atoms with E-state index in [1.807, 2.05) is 0 Å². The molecular formula is C10H13NO5S2. The van der Waals surface area contributed by atoms with Crippen molar-refractivity contribution in [2.24, 2.45) is 5.41 Å². The van der Waals surface area contributed by atoms with Crippen LogP contribution in [0.5, 0.6) is 0 Å². The largest absolute Gasteiger partial charge is 0.481 e. The fraction of sp³-hybridized carbons (Fsp3) is 0.500. The zero-order valence-corrected chi connectivity index (χ0v) is 11.3. The van der Waals surface area contributed by atoms with Gasteiger partial charge in [-0.15, -0.1) is 11.3 Å². The number of hydrogen-bond acceptors (Lipinski definition) is 5. The first-order valence-electron chi connectivity index (χ1n) is 5.23. The van der Waals surface area contributed by atoms with Gasteiger partial charge >= 0.3 is 5.97 Å². The number of nitrogens with one attached hydrogen (secondary N) is 1. The Balaban J connectivity index is 2.22. The fourth-order valence-corrected chi connectivity index (χ4v) is 4.05. The number of thiophene rings is 1. The van der Waals surface area contributed by atoms with Crippen molar-refractivity contribution in [2.45, 2.75) is 17.2 Å². The van der Waals surface area contributed by atoms with E-state index >= 15 is 0 Å². The Labute approximate surface area is 109 Å². The van der Waals surface area contributed by atoms with Gasteiger partial charge in [0.25, 0.3) is 0 Å². The van der Waals surface area contributed by atoms with Crippen molar-refractivity contribution < 1.29 is 23.1 Å². The van der Waals surface area contributed by atoms with Crippen LogP contribution in [0.4, 0.5) is 0 Å². The van der Waals surface area contributed by atoms with Crippen molar-refractivity contribution in [2.75, 3.05) is 13.2 Å². The van der Waals surface area contributed by atoms with Crippen LogP contribution in [0.15, 0.2) is 21.7 Å². The normalized spacial score (nSPS) is 28.4. The Morgan fingerprint density at radius 1 is 1.67 bits per heavy atom. The zero-order chi connectivity index (χ0) is 13.4. The first kappa shape index (κ1) is 13.5. The molecule has 1 fully saturated rings. The number of ether oxygens (including phenoxy) is 1. The minimum Gasteiger partial charge on any atom is -0.481 e. The van der Waals surface area contributed by atoms with E-state index in [4.69, 9.17) is 9.84 Å². The molecule has 1 aliphatic heterocycles. The molecule has 0 spiro atoms. The second-order valence-electron chi connectivity index (χ2n) is 4.34. The van der Waals surface area contributed by atoms with Gasteiger partial charge in [0, 0.05) is 0 Å². The molecule has 100 valence electrons. The standard InChI is InChI=1S/C10H13NO5S2/c1-10(9(12)13)6-16-5-7(10)11-18(14,15)8-3-2-4-17-8/h2-4,7,11H,5-6H2,1H3,(H,12,13). The predicted molar refractivity (Wildman–Crippen MR) is 65.0 cm³/mol. The van der Waals surface area contributed by atoms with Crippen molar-refractivity contribution >= 4 is 27.3 Å². The van der Waals surface area contributed by atoms with Gasteiger partial charge in [-0.2, -0.15) is 0 Å². The van der Waals surface area contributed by atoms with Crippen LogP contribution in [-0.2, 0) is 19.6 Å². The summed E-state index contributed by atoms with van der Waals surface area (Å²) in [5.74, 6) is -1.07. The summed E-state index contributed by atoms with van der Waals surface area (Å²) in [4.78, 5) is 11.2. The molecule has 0 amide bonds. The molecular weight excluding hydrogens is 278 g/mol. The van der Waals surface area contributed by atoms with Crippen molar-refractivity contribution in [1.29, 1.82) is 0 Å². The van der Waals surface area contributed by atoms with E-state index in [1.54, 1.807) is 11.4 Å². The van der Waals surface area contributed by atoms with Gasteiger partial charge in [0.2, 0.25) is 10.0 Å². The Bertz CT molecular complexity index is 539. The first-order valence-corrected chi connectivity index (χ1v) is 7.59. The molecule has 1 aliphatic rings. The minimum absolute atomic E-state index is 0.0000392. The maximum Gasteiger partial charge on any atom is 0.313 e. The van der Waals surface area contributed by atoms with E-state index in [0.717, 1.165) is 11.3 Å². The summed E-state index contributed by atoms with van der Waals surface area (Å²) in [5, 5.41) is 10.8. The molecule has 2 N–H and O–H groups in total. The monoisotopic (exact) mass is 291 g/mol. The molecule has 0 aromatic carbocycles. The molecule has 2 unspecified atom stereocenters. The van der Waals surface area contributed by atoms with Gasteiger partial charge in [-0.05, 0) is 18.4 Å². The van der Waals surface area contributed by atoms with Crippen LogP contribution in [-0.4, -0.2) is 38.7 Å². The van der Waals surface area contributed by atoms with Gasteiger partial charge in [0.15, 0.2) is 0 Å². The number of sulfonamides is 1. The average Bonchev–Trinajstić information content (AvgIpc) is 2.89. The van der Waals surface area contributed by atoms with E-state index in [0.29, 0.717) is 0 Å². The summed E-state index contributed by atoms with van der Waals surface area (Å²) in [6, 6.07) is 2.34. The van der Waals surface area contributed by atoms with Crippen LogP contribution >= 0.6 is 11.3 Å². The third-order valence-electron chi connectivity index (χ3n) is 3.00. The Morgan fingerprint density at radius 3 is 2.94 bits per heavy atom. The van der Waals surface area contributed by atoms with Crippen LogP contribution < -0.4 is 4.72 Å². The van der Waals surface area contributed by atoms with Gasteiger partial charge in [-0.25, -0.2) is 13.1 Å². The molecule has 0 radical (unpaired) electrons. The molecule has 1 aromatic heterocycles. The molecule has 0 bridgehead atoms. The molecule has 18 heavy (non-hydrogen) atoms.